The third kappa shape index (κ3) is 23.2. The van der Waals surface area contributed by atoms with Gasteiger partial charge in [-0.15, -0.1) is 0 Å². The average Bonchev–Trinajstić information content (AvgIpc) is 2.94. The highest BCUT2D eigenvalue weighted by atomic mass is 16.3. The molecule has 0 aliphatic rings. The molecule has 0 fully saturated rings. The molecule has 1 amide bonds. The fourth-order valence-corrected chi connectivity index (χ4v) is 4.72. The van der Waals surface area contributed by atoms with Gasteiger partial charge < -0.3 is 25.7 Å². The lowest BCUT2D eigenvalue weighted by molar-refractivity contribution is -0.132. The molecule has 0 saturated heterocycles. The fourth-order valence-electron chi connectivity index (χ4n) is 4.72. The largest absolute Gasteiger partial charge is 0.394 e. The molecule has 0 aliphatic heterocycles. The molecule has 6 nitrogen and oxygen atoms in total. The van der Waals surface area contributed by atoms with Crippen LogP contribution in [-0.4, -0.2) is 57.3 Å². The first kappa shape index (κ1) is 37.8. The molecule has 0 rings (SSSR count). The zero-order valence-electron chi connectivity index (χ0n) is 25.4. The first-order valence-corrected chi connectivity index (χ1v) is 16.2. The van der Waals surface area contributed by atoms with E-state index in [2.05, 4.69) is 43.5 Å². The number of unbranched alkanes of at least 4 members (excludes halogenated alkanes) is 15. The van der Waals surface area contributed by atoms with Crippen LogP contribution in [0.3, 0.4) is 0 Å². The summed E-state index contributed by atoms with van der Waals surface area (Å²) in [6.07, 6.45) is 27.8. The summed E-state index contributed by atoms with van der Waals surface area (Å²) >= 11 is 0. The Morgan fingerprint density at radius 2 is 1.10 bits per heavy atom. The summed E-state index contributed by atoms with van der Waals surface area (Å²) in [5.41, 5.74) is 0. The van der Waals surface area contributed by atoms with Crippen LogP contribution < -0.4 is 5.32 Å². The van der Waals surface area contributed by atoms with Crippen LogP contribution in [0.1, 0.15) is 149 Å². The number of nitrogens with one attached hydrogen (secondary N) is 1. The first-order valence-electron chi connectivity index (χ1n) is 16.2. The van der Waals surface area contributed by atoms with Crippen molar-refractivity contribution in [2.45, 2.75) is 173 Å². The third-order valence-electron chi connectivity index (χ3n) is 7.42. The quantitative estimate of drug-likeness (QED) is 0.0535. The zero-order valence-corrected chi connectivity index (χ0v) is 25.4. The molecule has 0 radical (unpaired) electrons. The van der Waals surface area contributed by atoms with E-state index in [0.29, 0.717) is 12.8 Å². The van der Waals surface area contributed by atoms with Crippen molar-refractivity contribution in [1.29, 1.82) is 0 Å². The summed E-state index contributed by atoms with van der Waals surface area (Å²) in [6, 6.07) is -0.984. The molecular formula is C33H63NO5. The minimum absolute atomic E-state index is 0.357. The Morgan fingerprint density at radius 1 is 0.641 bits per heavy atom. The molecule has 4 unspecified atom stereocenters. The number of hydrogen-bond acceptors (Lipinski definition) is 5. The van der Waals surface area contributed by atoms with Gasteiger partial charge in [-0.1, -0.05) is 128 Å². The van der Waals surface area contributed by atoms with Crippen LogP contribution in [0.2, 0.25) is 0 Å². The third-order valence-corrected chi connectivity index (χ3v) is 7.42. The Hall–Kier alpha value is -1.21. The van der Waals surface area contributed by atoms with E-state index >= 15 is 0 Å². The van der Waals surface area contributed by atoms with Crippen LogP contribution in [0, 0.1) is 0 Å². The van der Waals surface area contributed by atoms with E-state index in [1.54, 1.807) is 0 Å². The van der Waals surface area contributed by atoms with Crippen LogP contribution in [0.15, 0.2) is 24.3 Å². The topological polar surface area (TPSA) is 110 Å². The van der Waals surface area contributed by atoms with Gasteiger partial charge in [0.2, 0.25) is 5.91 Å². The van der Waals surface area contributed by atoms with E-state index in [1.807, 2.05) is 0 Å². The molecule has 0 spiro atoms. The normalized spacial score (nSPS) is 15.1. The lowest BCUT2D eigenvalue weighted by Crippen LogP contribution is -2.53. The molecule has 4 atom stereocenters. The maximum atomic E-state index is 12.3. The van der Waals surface area contributed by atoms with Gasteiger partial charge in [0, 0.05) is 0 Å². The van der Waals surface area contributed by atoms with Crippen molar-refractivity contribution < 1.29 is 25.2 Å². The van der Waals surface area contributed by atoms with Crippen LogP contribution in [0.4, 0.5) is 0 Å². The van der Waals surface area contributed by atoms with Crippen LogP contribution >= 0.6 is 0 Å². The van der Waals surface area contributed by atoms with E-state index in [1.165, 1.54) is 64.2 Å². The molecule has 39 heavy (non-hydrogen) atoms. The van der Waals surface area contributed by atoms with Crippen LogP contribution in [0.5, 0.6) is 0 Å². The maximum absolute atomic E-state index is 12.3. The van der Waals surface area contributed by atoms with E-state index < -0.39 is 36.9 Å². The molecule has 0 aromatic rings. The van der Waals surface area contributed by atoms with Gasteiger partial charge in [-0.3, -0.25) is 4.79 Å². The molecule has 0 bridgehead atoms. The Kier molecular flexibility index (Phi) is 27.4. The second-order valence-corrected chi connectivity index (χ2v) is 11.2. The van der Waals surface area contributed by atoms with Crippen molar-refractivity contribution in [1.82, 2.24) is 5.32 Å². The molecular weight excluding hydrogens is 490 g/mol. The van der Waals surface area contributed by atoms with Gasteiger partial charge in [0.05, 0.1) is 18.8 Å². The van der Waals surface area contributed by atoms with E-state index in [9.17, 15) is 25.2 Å². The molecule has 230 valence electrons. The molecule has 0 saturated carbocycles. The Morgan fingerprint density at radius 3 is 1.67 bits per heavy atom. The molecule has 6 heteroatoms. The van der Waals surface area contributed by atoms with E-state index in [-0.39, 0.29) is 0 Å². The van der Waals surface area contributed by atoms with Crippen molar-refractivity contribution in [3.63, 3.8) is 0 Å². The molecule has 0 aliphatic carbocycles. The predicted octanol–water partition coefficient (Wildman–Crippen LogP) is 6.89. The summed E-state index contributed by atoms with van der Waals surface area (Å²) in [6.45, 7) is 3.93. The highest BCUT2D eigenvalue weighted by Gasteiger charge is 2.28. The van der Waals surface area contributed by atoms with Gasteiger partial charge in [-0.25, -0.2) is 0 Å². The van der Waals surface area contributed by atoms with Crippen molar-refractivity contribution >= 4 is 5.91 Å². The molecule has 0 heterocycles. The van der Waals surface area contributed by atoms with Crippen LogP contribution in [-0.2, 0) is 4.79 Å². The maximum Gasteiger partial charge on any atom is 0.249 e. The fraction of sp³-hybridized carbons (Fsp3) is 0.848. The number of carbonyl (C=O) groups excluding carboxylic acids is 1. The van der Waals surface area contributed by atoms with Gasteiger partial charge in [0.15, 0.2) is 0 Å². The molecule has 5 N–H and O–H groups in total. The Balaban J connectivity index is 3.87. The smallest absolute Gasteiger partial charge is 0.249 e. The second kappa shape index (κ2) is 28.3. The minimum Gasteiger partial charge on any atom is -0.394 e. The lowest BCUT2D eigenvalue weighted by Gasteiger charge is -2.27. The lowest BCUT2D eigenvalue weighted by atomic mass is 9.99. The highest BCUT2D eigenvalue weighted by molar-refractivity contribution is 5.80. The second-order valence-electron chi connectivity index (χ2n) is 11.2. The monoisotopic (exact) mass is 553 g/mol. The summed E-state index contributed by atoms with van der Waals surface area (Å²) in [5.74, 6) is -0.598. The summed E-state index contributed by atoms with van der Waals surface area (Å²) in [5, 5.41) is 43.0. The number of allylic oxidation sites excluding steroid dienone is 4. The van der Waals surface area contributed by atoms with Crippen molar-refractivity contribution in [3.05, 3.63) is 24.3 Å². The van der Waals surface area contributed by atoms with Gasteiger partial charge in [0.25, 0.3) is 0 Å². The van der Waals surface area contributed by atoms with Crippen LogP contribution in [0.25, 0.3) is 0 Å². The zero-order chi connectivity index (χ0) is 29.0. The SMILES string of the molecule is CCCCC/C=C\C/C=C\CCCCCCCCC(O)C(=O)NC(CO)C(O)C(O)CCCCCCCCC. The number of rotatable bonds is 28. The van der Waals surface area contributed by atoms with Gasteiger partial charge in [0.1, 0.15) is 12.2 Å². The molecule has 0 aromatic heterocycles. The summed E-state index contributed by atoms with van der Waals surface area (Å²) in [4.78, 5) is 12.3. The summed E-state index contributed by atoms with van der Waals surface area (Å²) < 4.78 is 0. The van der Waals surface area contributed by atoms with Gasteiger partial charge in [-0.2, -0.15) is 0 Å². The van der Waals surface area contributed by atoms with Crippen molar-refractivity contribution in [2.75, 3.05) is 6.61 Å². The minimum atomic E-state index is -1.26. The average molecular weight is 554 g/mol. The van der Waals surface area contributed by atoms with E-state index in [4.69, 9.17) is 0 Å². The van der Waals surface area contributed by atoms with Crippen molar-refractivity contribution in [3.8, 4) is 0 Å². The summed E-state index contributed by atoms with van der Waals surface area (Å²) in [7, 11) is 0. The predicted molar refractivity (Wildman–Crippen MR) is 164 cm³/mol. The number of aliphatic hydroxyl groups is 4. The van der Waals surface area contributed by atoms with Gasteiger partial charge in [-0.05, 0) is 44.9 Å². The van der Waals surface area contributed by atoms with Gasteiger partial charge >= 0.3 is 0 Å². The van der Waals surface area contributed by atoms with E-state index in [0.717, 1.165) is 57.8 Å². The Bertz CT molecular complexity index is 595. The Labute approximate surface area is 240 Å². The highest BCUT2D eigenvalue weighted by Crippen LogP contribution is 2.14. The van der Waals surface area contributed by atoms with Crippen molar-refractivity contribution in [2.24, 2.45) is 0 Å². The number of amides is 1. The number of carbonyl (C=O) groups is 1. The standard InChI is InChI=1S/C33H63NO5/c1-3-5-7-9-11-12-13-14-15-16-17-18-19-21-23-25-27-31(37)33(39)34-29(28-35)32(38)30(36)26-24-22-20-10-8-6-4-2/h11-12,14-15,29-32,35-38H,3-10,13,16-28H2,1-2H3,(H,34,39)/b12-11-,15-14-. The molecule has 0 aromatic carbocycles. The first-order chi connectivity index (χ1) is 19.0. The number of aliphatic hydroxyl groups excluding tert-OH is 4. The number of hydrogen-bond donors (Lipinski definition) is 5.